The van der Waals surface area contributed by atoms with Crippen LogP contribution >= 0.6 is 22.6 Å². The van der Waals surface area contributed by atoms with Gasteiger partial charge in [-0.3, -0.25) is 0 Å². The van der Waals surface area contributed by atoms with E-state index in [1.807, 2.05) is 24.3 Å². The lowest BCUT2D eigenvalue weighted by Gasteiger charge is -1.93. The average Bonchev–Trinajstić information content (AvgIpc) is 2.67. The van der Waals surface area contributed by atoms with E-state index in [4.69, 9.17) is 10.3 Å². The molecule has 0 atom stereocenters. The maximum absolute atomic E-state index is 5.41. The zero-order chi connectivity index (χ0) is 10.7. The highest BCUT2D eigenvalue weighted by Crippen LogP contribution is 2.19. The highest BCUT2D eigenvalue weighted by atomic mass is 127. The molecule has 0 amide bonds. The standard InChI is InChI=1S/C10H10IN3O/c11-8-3-1-2-7(6-8)10-13-9(4-5-12)14-15-10/h1-3,6H,4-5,12H2. The number of halogens is 1. The molecule has 1 heterocycles. The summed E-state index contributed by atoms with van der Waals surface area (Å²) in [6, 6.07) is 7.92. The number of hydrogen-bond donors (Lipinski definition) is 1. The average molecular weight is 315 g/mol. The van der Waals surface area contributed by atoms with Crippen LogP contribution in [0, 0.1) is 3.57 Å². The fourth-order valence-electron chi connectivity index (χ4n) is 1.22. The Kier molecular flexibility index (Phi) is 3.32. The molecule has 1 aromatic carbocycles. The molecule has 0 saturated heterocycles. The first kappa shape index (κ1) is 10.6. The molecule has 4 nitrogen and oxygen atoms in total. The van der Waals surface area contributed by atoms with Crippen LogP contribution in [0.5, 0.6) is 0 Å². The van der Waals surface area contributed by atoms with Gasteiger partial charge in [0, 0.05) is 15.6 Å². The summed E-state index contributed by atoms with van der Waals surface area (Å²) in [6.07, 6.45) is 0.646. The number of rotatable bonds is 3. The number of benzene rings is 1. The van der Waals surface area contributed by atoms with Gasteiger partial charge in [-0.1, -0.05) is 11.2 Å². The van der Waals surface area contributed by atoms with Gasteiger partial charge in [0.1, 0.15) is 0 Å². The molecule has 0 radical (unpaired) electrons. The molecule has 0 spiro atoms. The van der Waals surface area contributed by atoms with E-state index in [1.165, 1.54) is 0 Å². The Balaban J connectivity index is 2.29. The zero-order valence-corrected chi connectivity index (χ0v) is 10.1. The predicted molar refractivity (Wildman–Crippen MR) is 65.2 cm³/mol. The highest BCUT2D eigenvalue weighted by molar-refractivity contribution is 14.1. The summed E-state index contributed by atoms with van der Waals surface area (Å²) in [4.78, 5) is 4.25. The van der Waals surface area contributed by atoms with E-state index in [2.05, 4.69) is 32.7 Å². The van der Waals surface area contributed by atoms with Gasteiger partial charge in [0.2, 0.25) is 0 Å². The van der Waals surface area contributed by atoms with Crippen molar-refractivity contribution in [3.8, 4) is 11.5 Å². The first-order valence-corrected chi connectivity index (χ1v) is 5.66. The second-order valence-electron chi connectivity index (χ2n) is 3.06. The molecule has 0 fully saturated rings. The van der Waals surface area contributed by atoms with Crippen molar-refractivity contribution in [2.75, 3.05) is 6.54 Å². The van der Waals surface area contributed by atoms with Crippen molar-refractivity contribution >= 4 is 22.6 Å². The van der Waals surface area contributed by atoms with Crippen molar-refractivity contribution in [3.05, 3.63) is 33.7 Å². The van der Waals surface area contributed by atoms with E-state index in [0.717, 1.165) is 9.13 Å². The third-order valence-corrected chi connectivity index (χ3v) is 2.58. The van der Waals surface area contributed by atoms with Crippen molar-refractivity contribution in [1.29, 1.82) is 0 Å². The summed E-state index contributed by atoms with van der Waals surface area (Å²) in [5.74, 6) is 1.21. The largest absolute Gasteiger partial charge is 0.334 e. The topological polar surface area (TPSA) is 64.9 Å². The summed E-state index contributed by atoms with van der Waals surface area (Å²) in [5.41, 5.74) is 6.35. The van der Waals surface area contributed by atoms with Crippen molar-refractivity contribution in [2.24, 2.45) is 5.73 Å². The smallest absolute Gasteiger partial charge is 0.257 e. The maximum Gasteiger partial charge on any atom is 0.257 e. The van der Waals surface area contributed by atoms with Crippen molar-refractivity contribution < 1.29 is 4.52 Å². The van der Waals surface area contributed by atoms with Crippen LogP contribution in [0.4, 0.5) is 0 Å². The Hall–Kier alpha value is -0.950. The highest BCUT2D eigenvalue weighted by Gasteiger charge is 2.07. The summed E-state index contributed by atoms with van der Waals surface area (Å²) >= 11 is 2.25. The van der Waals surface area contributed by atoms with Crippen molar-refractivity contribution in [3.63, 3.8) is 0 Å². The van der Waals surface area contributed by atoms with Crippen LogP contribution in [-0.2, 0) is 6.42 Å². The lowest BCUT2D eigenvalue weighted by Crippen LogP contribution is -2.03. The lowest BCUT2D eigenvalue weighted by molar-refractivity contribution is 0.422. The molecular weight excluding hydrogens is 305 g/mol. The van der Waals surface area contributed by atoms with Gasteiger partial charge < -0.3 is 10.3 Å². The molecule has 2 aromatic rings. The molecule has 0 unspecified atom stereocenters. The van der Waals surface area contributed by atoms with E-state index in [9.17, 15) is 0 Å². The second-order valence-corrected chi connectivity index (χ2v) is 4.31. The molecule has 15 heavy (non-hydrogen) atoms. The van der Waals surface area contributed by atoms with E-state index < -0.39 is 0 Å². The van der Waals surface area contributed by atoms with Crippen molar-refractivity contribution in [2.45, 2.75) is 6.42 Å². The summed E-state index contributed by atoms with van der Waals surface area (Å²) < 4.78 is 6.28. The maximum atomic E-state index is 5.41. The van der Waals surface area contributed by atoms with Gasteiger partial charge in [-0.15, -0.1) is 0 Å². The molecule has 0 bridgehead atoms. The third kappa shape index (κ3) is 2.54. The Morgan fingerprint density at radius 3 is 3.00 bits per heavy atom. The fourth-order valence-corrected chi connectivity index (χ4v) is 1.77. The van der Waals surface area contributed by atoms with Gasteiger partial charge in [0.25, 0.3) is 5.89 Å². The van der Waals surface area contributed by atoms with E-state index >= 15 is 0 Å². The second kappa shape index (κ2) is 4.71. The molecule has 2 N–H and O–H groups in total. The van der Waals surface area contributed by atoms with Crippen LogP contribution in [0.3, 0.4) is 0 Å². The molecule has 0 aliphatic heterocycles. The number of nitrogens with zero attached hydrogens (tertiary/aromatic N) is 2. The Morgan fingerprint density at radius 2 is 2.27 bits per heavy atom. The van der Waals surface area contributed by atoms with Gasteiger partial charge in [-0.2, -0.15) is 4.98 Å². The van der Waals surface area contributed by atoms with Gasteiger partial charge in [-0.25, -0.2) is 0 Å². The minimum Gasteiger partial charge on any atom is -0.334 e. The third-order valence-electron chi connectivity index (χ3n) is 1.91. The van der Waals surface area contributed by atoms with Gasteiger partial charge >= 0.3 is 0 Å². The zero-order valence-electron chi connectivity index (χ0n) is 7.98. The quantitative estimate of drug-likeness (QED) is 0.878. The van der Waals surface area contributed by atoms with Crippen molar-refractivity contribution in [1.82, 2.24) is 10.1 Å². The molecule has 78 valence electrons. The minimum absolute atomic E-state index is 0.533. The van der Waals surface area contributed by atoms with E-state index in [1.54, 1.807) is 0 Å². The minimum atomic E-state index is 0.533. The summed E-state index contributed by atoms with van der Waals surface area (Å²) in [6.45, 7) is 0.533. The van der Waals surface area contributed by atoms with Crippen LogP contribution in [-0.4, -0.2) is 16.7 Å². The first-order chi connectivity index (χ1) is 7.29. The lowest BCUT2D eigenvalue weighted by atomic mass is 10.2. The predicted octanol–water partition coefficient (Wildman–Crippen LogP) is 1.84. The monoisotopic (exact) mass is 315 g/mol. The summed E-state index contributed by atoms with van der Waals surface area (Å²) in [7, 11) is 0. The molecule has 0 aliphatic rings. The molecule has 0 saturated carbocycles. The normalized spacial score (nSPS) is 10.5. The van der Waals surface area contributed by atoms with Gasteiger partial charge in [-0.05, 0) is 47.3 Å². The number of aromatic nitrogens is 2. The van der Waals surface area contributed by atoms with Gasteiger partial charge in [0.05, 0.1) is 0 Å². The van der Waals surface area contributed by atoms with E-state index in [0.29, 0.717) is 24.7 Å². The molecule has 0 aliphatic carbocycles. The summed E-state index contributed by atoms with van der Waals surface area (Å²) in [5, 5.41) is 3.84. The molecule has 1 aromatic heterocycles. The van der Waals surface area contributed by atoms with Crippen LogP contribution in [0.1, 0.15) is 5.82 Å². The Bertz CT molecular complexity index is 455. The van der Waals surface area contributed by atoms with Crippen LogP contribution in [0.25, 0.3) is 11.5 Å². The molecule has 5 heteroatoms. The van der Waals surface area contributed by atoms with Crippen LogP contribution in [0.15, 0.2) is 28.8 Å². The number of hydrogen-bond acceptors (Lipinski definition) is 4. The fraction of sp³-hybridized carbons (Fsp3) is 0.200. The number of nitrogens with two attached hydrogens (primary N) is 1. The van der Waals surface area contributed by atoms with Crippen LogP contribution < -0.4 is 5.73 Å². The Morgan fingerprint density at radius 1 is 1.40 bits per heavy atom. The van der Waals surface area contributed by atoms with E-state index in [-0.39, 0.29) is 0 Å². The molecular formula is C10H10IN3O. The van der Waals surface area contributed by atoms with Gasteiger partial charge in [0.15, 0.2) is 5.82 Å². The SMILES string of the molecule is NCCc1noc(-c2cccc(I)c2)n1. The van der Waals surface area contributed by atoms with Crippen LogP contribution in [0.2, 0.25) is 0 Å². The Labute approximate surface area is 101 Å². The first-order valence-electron chi connectivity index (χ1n) is 4.58. The molecule has 2 rings (SSSR count).